The molecule has 0 atom stereocenters. The largest absolute Gasteiger partial charge is 0.346 e. The van der Waals surface area contributed by atoms with Gasteiger partial charge in [0, 0.05) is 5.69 Å². The van der Waals surface area contributed by atoms with Gasteiger partial charge in [0.05, 0.1) is 0 Å². The normalized spacial score (nSPS) is 11.4. The van der Waals surface area contributed by atoms with Crippen molar-refractivity contribution in [2.45, 2.75) is 24.6 Å². The average Bonchev–Trinajstić information content (AvgIpc) is 2.08. The van der Waals surface area contributed by atoms with E-state index >= 15 is 0 Å². The topological polar surface area (TPSA) is 12.0 Å². The van der Waals surface area contributed by atoms with E-state index < -0.39 is 3.79 Å². The number of anilines is 1. The first-order chi connectivity index (χ1) is 7.21. The fraction of sp³-hybridized carbons (Fsp3) is 0.364. The molecular weight excluding hydrogens is 285 g/mol. The SMILES string of the molecule is Cc1cc(C)c(NC(=S)C(Cl)(Cl)Cl)c(C)c1. The fourth-order valence-corrected chi connectivity index (χ4v) is 1.81. The van der Waals surface area contributed by atoms with Crippen LogP contribution in [-0.4, -0.2) is 8.78 Å². The fourth-order valence-electron chi connectivity index (χ4n) is 1.56. The molecule has 0 aliphatic carbocycles. The van der Waals surface area contributed by atoms with Crippen LogP contribution in [0.15, 0.2) is 12.1 Å². The average molecular weight is 297 g/mol. The Bertz CT molecular complexity index is 401. The van der Waals surface area contributed by atoms with Crippen LogP contribution in [0, 0.1) is 20.8 Å². The highest BCUT2D eigenvalue weighted by Crippen LogP contribution is 2.30. The van der Waals surface area contributed by atoms with E-state index in [4.69, 9.17) is 47.0 Å². The second-order valence-corrected chi connectivity index (χ2v) is 6.42. The summed E-state index contributed by atoms with van der Waals surface area (Å²) >= 11 is 22.1. The van der Waals surface area contributed by atoms with Crippen LogP contribution in [-0.2, 0) is 0 Å². The van der Waals surface area contributed by atoms with Crippen LogP contribution < -0.4 is 5.32 Å². The molecule has 0 aliphatic rings. The highest BCUT2D eigenvalue weighted by Gasteiger charge is 2.26. The number of thiocarbonyl (C=S) groups is 1. The van der Waals surface area contributed by atoms with Crippen molar-refractivity contribution >= 4 is 57.7 Å². The number of nitrogens with one attached hydrogen (secondary N) is 1. The smallest absolute Gasteiger partial charge is 0.240 e. The molecule has 1 aromatic carbocycles. The summed E-state index contributed by atoms with van der Waals surface area (Å²) in [6.07, 6.45) is 0. The molecule has 0 radical (unpaired) electrons. The molecule has 0 aliphatic heterocycles. The zero-order valence-electron chi connectivity index (χ0n) is 9.20. The van der Waals surface area contributed by atoms with E-state index in [1.165, 1.54) is 5.56 Å². The predicted octanol–water partition coefficient (Wildman–Crippen LogP) is 4.72. The number of hydrogen-bond donors (Lipinski definition) is 1. The lowest BCUT2D eigenvalue weighted by molar-refractivity contribution is 1.31. The standard InChI is InChI=1S/C11H12Cl3NS/c1-6-4-7(2)9(8(3)5-6)15-10(16)11(12,13)14/h4-5H,1-3H3,(H,15,16). The van der Waals surface area contributed by atoms with Gasteiger partial charge in [-0.2, -0.15) is 0 Å². The zero-order valence-corrected chi connectivity index (χ0v) is 12.3. The summed E-state index contributed by atoms with van der Waals surface area (Å²) in [7, 11) is 0. The third-order valence-electron chi connectivity index (χ3n) is 2.17. The third kappa shape index (κ3) is 3.49. The van der Waals surface area contributed by atoms with Crippen molar-refractivity contribution in [2.75, 3.05) is 5.32 Å². The minimum Gasteiger partial charge on any atom is -0.346 e. The molecule has 5 heteroatoms. The number of halogens is 3. The predicted molar refractivity (Wildman–Crippen MR) is 77.2 cm³/mol. The summed E-state index contributed by atoms with van der Waals surface area (Å²) in [5.74, 6) is 0. The molecule has 0 bridgehead atoms. The van der Waals surface area contributed by atoms with E-state index in [0.29, 0.717) is 0 Å². The van der Waals surface area contributed by atoms with Crippen LogP contribution in [0.4, 0.5) is 5.69 Å². The van der Waals surface area contributed by atoms with Gasteiger partial charge in [0.25, 0.3) is 0 Å². The van der Waals surface area contributed by atoms with Gasteiger partial charge in [-0.25, -0.2) is 0 Å². The highest BCUT2D eigenvalue weighted by molar-refractivity contribution is 7.81. The Morgan fingerprint density at radius 2 is 1.56 bits per heavy atom. The summed E-state index contributed by atoms with van der Waals surface area (Å²) in [4.78, 5) is 0.188. The van der Waals surface area contributed by atoms with Gasteiger partial charge >= 0.3 is 0 Å². The first-order valence-corrected chi connectivity index (χ1v) is 6.22. The molecule has 0 heterocycles. The molecule has 1 N–H and O–H groups in total. The van der Waals surface area contributed by atoms with Gasteiger partial charge in [-0.05, 0) is 31.9 Å². The number of alkyl halides is 3. The second-order valence-electron chi connectivity index (χ2n) is 3.73. The van der Waals surface area contributed by atoms with Crippen molar-refractivity contribution in [3.8, 4) is 0 Å². The Labute approximate surface area is 116 Å². The van der Waals surface area contributed by atoms with Crippen LogP contribution in [0.1, 0.15) is 16.7 Å². The van der Waals surface area contributed by atoms with Crippen LogP contribution in [0.25, 0.3) is 0 Å². The van der Waals surface area contributed by atoms with Gasteiger partial charge in [0.2, 0.25) is 3.79 Å². The number of aryl methyl sites for hydroxylation is 3. The molecule has 0 amide bonds. The molecule has 0 unspecified atom stereocenters. The van der Waals surface area contributed by atoms with Crippen LogP contribution >= 0.6 is 47.0 Å². The zero-order chi connectivity index (χ0) is 12.5. The van der Waals surface area contributed by atoms with Gasteiger partial charge in [-0.3, -0.25) is 0 Å². The van der Waals surface area contributed by atoms with Crippen molar-refractivity contribution in [3.05, 3.63) is 28.8 Å². The van der Waals surface area contributed by atoms with E-state index in [-0.39, 0.29) is 4.99 Å². The van der Waals surface area contributed by atoms with E-state index in [1.54, 1.807) is 0 Å². The highest BCUT2D eigenvalue weighted by atomic mass is 35.6. The molecular formula is C11H12Cl3NS. The molecule has 0 saturated heterocycles. The van der Waals surface area contributed by atoms with Gasteiger partial charge in [-0.15, -0.1) is 0 Å². The molecule has 16 heavy (non-hydrogen) atoms. The van der Waals surface area contributed by atoms with Gasteiger partial charge in [0.15, 0.2) is 0 Å². The Balaban J connectivity index is 3.03. The van der Waals surface area contributed by atoms with E-state index in [0.717, 1.165) is 16.8 Å². The van der Waals surface area contributed by atoms with Crippen LogP contribution in [0.2, 0.25) is 0 Å². The molecule has 0 fully saturated rings. The Morgan fingerprint density at radius 3 is 1.94 bits per heavy atom. The van der Waals surface area contributed by atoms with Crippen LogP contribution in [0.5, 0.6) is 0 Å². The van der Waals surface area contributed by atoms with Crippen LogP contribution in [0.3, 0.4) is 0 Å². The monoisotopic (exact) mass is 295 g/mol. The van der Waals surface area contributed by atoms with E-state index in [9.17, 15) is 0 Å². The molecule has 0 aromatic heterocycles. The summed E-state index contributed by atoms with van der Waals surface area (Å²) in [5.41, 5.74) is 4.26. The molecule has 1 aromatic rings. The van der Waals surface area contributed by atoms with E-state index in [2.05, 4.69) is 17.4 Å². The number of rotatable bonds is 1. The molecule has 1 rings (SSSR count). The Morgan fingerprint density at radius 1 is 1.12 bits per heavy atom. The van der Waals surface area contributed by atoms with E-state index in [1.807, 2.05) is 20.8 Å². The molecule has 1 nitrogen and oxygen atoms in total. The summed E-state index contributed by atoms with van der Waals surface area (Å²) in [6.45, 7) is 6.02. The lowest BCUT2D eigenvalue weighted by atomic mass is 10.1. The maximum Gasteiger partial charge on any atom is 0.240 e. The number of hydrogen-bond acceptors (Lipinski definition) is 1. The molecule has 0 spiro atoms. The lowest BCUT2D eigenvalue weighted by Gasteiger charge is -2.18. The quantitative estimate of drug-likeness (QED) is 0.594. The first-order valence-electron chi connectivity index (χ1n) is 4.68. The summed E-state index contributed by atoms with van der Waals surface area (Å²) < 4.78 is -1.57. The van der Waals surface area contributed by atoms with Crippen molar-refractivity contribution in [2.24, 2.45) is 0 Å². The van der Waals surface area contributed by atoms with Gasteiger partial charge in [0.1, 0.15) is 4.99 Å². The second kappa shape index (κ2) is 5.09. The maximum atomic E-state index is 5.70. The Hall–Kier alpha value is -0.0200. The van der Waals surface area contributed by atoms with Gasteiger partial charge < -0.3 is 5.32 Å². The van der Waals surface area contributed by atoms with Crippen molar-refractivity contribution in [3.63, 3.8) is 0 Å². The summed E-state index contributed by atoms with van der Waals surface area (Å²) in [6, 6.07) is 4.10. The molecule has 88 valence electrons. The maximum absolute atomic E-state index is 5.70. The minimum absolute atomic E-state index is 0.188. The molecule has 0 saturated carbocycles. The van der Waals surface area contributed by atoms with Gasteiger partial charge in [-0.1, -0.05) is 64.7 Å². The first kappa shape index (κ1) is 14.0. The van der Waals surface area contributed by atoms with Crippen molar-refractivity contribution < 1.29 is 0 Å². The lowest BCUT2D eigenvalue weighted by Crippen LogP contribution is -2.25. The Kier molecular flexibility index (Phi) is 4.47. The minimum atomic E-state index is -1.57. The summed E-state index contributed by atoms with van der Waals surface area (Å²) in [5, 5.41) is 2.98. The van der Waals surface area contributed by atoms with Crippen molar-refractivity contribution in [1.29, 1.82) is 0 Å². The third-order valence-corrected chi connectivity index (χ3v) is 3.48. The number of benzene rings is 1. The van der Waals surface area contributed by atoms with Crippen molar-refractivity contribution in [1.82, 2.24) is 0 Å².